The van der Waals surface area contributed by atoms with E-state index in [1.807, 2.05) is 0 Å². The molecule has 3 nitrogen and oxygen atoms in total. The summed E-state index contributed by atoms with van der Waals surface area (Å²) in [7, 11) is -1.68. The van der Waals surface area contributed by atoms with E-state index < -0.39 is 7.80 Å². The second kappa shape index (κ2) is 4.57. The molecule has 0 spiro atoms. The maximum absolute atomic E-state index is 10.5. The maximum atomic E-state index is 10.5. The van der Waals surface area contributed by atoms with Gasteiger partial charge in [0.1, 0.15) is 0 Å². The first-order valence-electron chi connectivity index (χ1n) is 2.82. The molecular formula is C5H11O3P. The zero-order valence-electron chi connectivity index (χ0n) is 5.64. The van der Waals surface area contributed by atoms with E-state index in [9.17, 15) is 9.36 Å². The number of carbonyl (C=O) groups excluding carboxylic acids is 1. The summed E-state index contributed by atoms with van der Waals surface area (Å²) < 4.78 is 15.0. The summed E-state index contributed by atoms with van der Waals surface area (Å²) in [5.74, 6) is -0.358. The number of hydrogen-bond donors (Lipinski definition) is 0. The van der Waals surface area contributed by atoms with E-state index >= 15 is 0 Å². The van der Waals surface area contributed by atoms with Crippen molar-refractivity contribution in [1.82, 2.24) is 0 Å². The average molecular weight is 150 g/mol. The average Bonchev–Trinajstić information content (AvgIpc) is 1.63. The lowest BCUT2D eigenvalue weighted by molar-refractivity contribution is -0.139. The van der Waals surface area contributed by atoms with Gasteiger partial charge in [-0.3, -0.25) is 4.79 Å². The van der Waals surface area contributed by atoms with Crippen LogP contribution in [0.5, 0.6) is 0 Å². The zero-order chi connectivity index (χ0) is 7.28. The van der Waals surface area contributed by atoms with E-state index in [4.69, 9.17) is 0 Å². The monoisotopic (exact) mass is 150 g/mol. The van der Waals surface area contributed by atoms with Crippen molar-refractivity contribution < 1.29 is 14.1 Å². The Hall–Kier alpha value is -0.300. The van der Waals surface area contributed by atoms with Crippen LogP contribution in [-0.4, -0.2) is 25.4 Å². The summed E-state index contributed by atoms with van der Waals surface area (Å²) in [4.78, 5) is 10.5. The first kappa shape index (κ1) is 8.70. The van der Waals surface area contributed by atoms with Gasteiger partial charge in [0.25, 0.3) is 0 Å². The van der Waals surface area contributed by atoms with E-state index in [-0.39, 0.29) is 12.1 Å². The Labute approximate surface area is 55.2 Å². The van der Waals surface area contributed by atoms with Gasteiger partial charge < -0.3 is 9.30 Å². The number of rotatable bonds is 3. The summed E-state index contributed by atoms with van der Waals surface area (Å²) in [5.41, 5.74) is 0. The van der Waals surface area contributed by atoms with Gasteiger partial charge in [-0.25, -0.2) is 0 Å². The van der Waals surface area contributed by atoms with Gasteiger partial charge in [0.15, 0.2) is 0 Å². The van der Waals surface area contributed by atoms with Crippen LogP contribution >= 0.6 is 7.80 Å². The highest BCUT2D eigenvalue weighted by molar-refractivity contribution is 7.44. The molecule has 0 aromatic carbocycles. The molecule has 0 aromatic rings. The van der Waals surface area contributed by atoms with Crippen molar-refractivity contribution in [2.45, 2.75) is 6.92 Å². The normalized spacial score (nSPS) is 12.7. The Kier molecular flexibility index (Phi) is 4.41. The first-order valence-corrected chi connectivity index (χ1v) is 4.93. The third-order valence-electron chi connectivity index (χ3n) is 0.699. The lowest BCUT2D eigenvalue weighted by Gasteiger charge is -1.96. The minimum Gasteiger partial charge on any atom is -0.466 e. The smallest absolute Gasteiger partial charge is 0.312 e. The Morgan fingerprint density at radius 3 is 2.56 bits per heavy atom. The Morgan fingerprint density at radius 1 is 1.67 bits per heavy atom. The first-order chi connectivity index (χ1) is 4.16. The van der Waals surface area contributed by atoms with Gasteiger partial charge in [-0.1, -0.05) is 0 Å². The van der Waals surface area contributed by atoms with Crippen molar-refractivity contribution in [3.8, 4) is 0 Å². The van der Waals surface area contributed by atoms with Crippen LogP contribution in [0.25, 0.3) is 0 Å². The van der Waals surface area contributed by atoms with Crippen LogP contribution < -0.4 is 0 Å². The predicted octanol–water partition coefficient (Wildman–Crippen LogP) is 0.739. The highest BCUT2D eigenvalue weighted by Crippen LogP contribution is 2.12. The van der Waals surface area contributed by atoms with Crippen molar-refractivity contribution in [1.29, 1.82) is 0 Å². The molecule has 0 fully saturated rings. The Balaban J connectivity index is 3.39. The second-order valence-corrected chi connectivity index (χ2v) is 3.44. The Morgan fingerprint density at radius 2 is 2.22 bits per heavy atom. The molecule has 0 heterocycles. The van der Waals surface area contributed by atoms with E-state index in [0.717, 1.165) is 0 Å². The lowest BCUT2D eigenvalue weighted by atomic mass is 10.8. The fourth-order valence-corrected chi connectivity index (χ4v) is 0.924. The molecule has 0 aliphatic rings. The van der Waals surface area contributed by atoms with Crippen LogP contribution in [0.2, 0.25) is 0 Å². The highest BCUT2D eigenvalue weighted by atomic mass is 31.1. The van der Waals surface area contributed by atoms with Crippen molar-refractivity contribution >= 4 is 13.8 Å². The molecule has 0 aliphatic heterocycles. The third kappa shape index (κ3) is 5.57. The summed E-state index contributed by atoms with van der Waals surface area (Å²) in [6.45, 7) is 3.64. The lowest BCUT2D eigenvalue weighted by Crippen LogP contribution is -2.05. The molecule has 0 aromatic heterocycles. The van der Waals surface area contributed by atoms with Crippen LogP contribution in [-0.2, 0) is 14.1 Å². The van der Waals surface area contributed by atoms with Gasteiger partial charge >= 0.3 is 5.97 Å². The number of hydrogen-bond acceptors (Lipinski definition) is 3. The molecule has 0 aliphatic carbocycles. The number of ether oxygens (including phenoxy) is 1. The van der Waals surface area contributed by atoms with Crippen LogP contribution in [0.15, 0.2) is 0 Å². The fraction of sp³-hybridized carbons (Fsp3) is 0.800. The number of carbonyl (C=O) groups is 1. The van der Waals surface area contributed by atoms with E-state index in [0.29, 0.717) is 6.61 Å². The quantitative estimate of drug-likeness (QED) is 0.440. The van der Waals surface area contributed by atoms with Crippen LogP contribution in [0.4, 0.5) is 0 Å². The molecule has 0 radical (unpaired) electrons. The van der Waals surface area contributed by atoms with Gasteiger partial charge in [-0.2, -0.15) is 0 Å². The van der Waals surface area contributed by atoms with Gasteiger partial charge in [-0.05, 0) is 13.6 Å². The van der Waals surface area contributed by atoms with Crippen molar-refractivity contribution in [2.24, 2.45) is 0 Å². The minimum atomic E-state index is -1.68. The topological polar surface area (TPSA) is 43.4 Å². The third-order valence-corrected chi connectivity index (χ3v) is 1.49. The summed E-state index contributed by atoms with van der Waals surface area (Å²) in [5, 5.41) is 0. The van der Waals surface area contributed by atoms with Crippen molar-refractivity contribution in [2.75, 3.05) is 19.4 Å². The van der Waals surface area contributed by atoms with Crippen molar-refractivity contribution in [3.05, 3.63) is 0 Å². The molecule has 54 valence electrons. The summed E-state index contributed by atoms with van der Waals surface area (Å²) in [6.07, 6.45) is 0.0819. The largest absolute Gasteiger partial charge is 0.466 e. The highest BCUT2D eigenvalue weighted by Gasteiger charge is 2.01. The number of esters is 1. The standard InChI is InChI=1S/C5H11O3P/c1-3-8-5(6)4-9(2)7/h9H,3-4H2,1-2H3. The molecule has 1 atom stereocenters. The van der Waals surface area contributed by atoms with Crippen molar-refractivity contribution in [3.63, 3.8) is 0 Å². The van der Waals surface area contributed by atoms with E-state index in [2.05, 4.69) is 4.74 Å². The zero-order valence-corrected chi connectivity index (χ0v) is 6.64. The second-order valence-electron chi connectivity index (χ2n) is 1.68. The van der Waals surface area contributed by atoms with Crippen LogP contribution in [0.3, 0.4) is 0 Å². The Bertz CT molecular complexity index is 121. The van der Waals surface area contributed by atoms with E-state index in [1.165, 1.54) is 0 Å². The molecule has 9 heavy (non-hydrogen) atoms. The SMILES string of the molecule is CCOC(=O)C[PH](C)=O. The fourth-order valence-electron chi connectivity index (χ4n) is 0.415. The molecular weight excluding hydrogens is 139 g/mol. The summed E-state index contributed by atoms with van der Waals surface area (Å²) in [6, 6.07) is 0. The molecule has 1 unspecified atom stereocenters. The molecule has 0 bridgehead atoms. The van der Waals surface area contributed by atoms with Gasteiger partial charge in [0.05, 0.1) is 20.6 Å². The molecule has 0 N–H and O–H groups in total. The molecule has 0 saturated heterocycles. The van der Waals surface area contributed by atoms with Crippen LogP contribution in [0.1, 0.15) is 6.92 Å². The minimum absolute atomic E-state index is 0.0819. The molecule has 4 heteroatoms. The van der Waals surface area contributed by atoms with Gasteiger partial charge in [-0.15, -0.1) is 0 Å². The molecule has 0 rings (SSSR count). The maximum Gasteiger partial charge on any atom is 0.312 e. The van der Waals surface area contributed by atoms with Gasteiger partial charge in [0.2, 0.25) is 0 Å². The predicted molar refractivity (Wildman–Crippen MR) is 36.4 cm³/mol. The summed E-state index contributed by atoms with van der Waals surface area (Å²) >= 11 is 0. The molecule has 0 saturated carbocycles. The van der Waals surface area contributed by atoms with Crippen LogP contribution in [0, 0.1) is 0 Å². The van der Waals surface area contributed by atoms with E-state index in [1.54, 1.807) is 13.6 Å². The van der Waals surface area contributed by atoms with Gasteiger partial charge in [0, 0.05) is 0 Å². The molecule has 0 amide bonds.